The average Bonchev–Trinajstić information content (AvgIpc) is 3.07. The van der Waals surface area contributed by atoms with Crippen LogP contribution in [0.2, 0.25) is 0 Å². The third kappa shape index (κ3) is 4.27. The van der Waals surface area contributed by atoms with Gasteiger partial charge in [-0.1, -0.05) is 19.3 Å². The number of nitrogens with zero attached hydrogens (tertiary/aromatic N) is 2. The van der Waals surface area contributed by atoms with Crippen LogP contribution >= 0.6 is 0 Å². The lowest BCUT2D eigenvalue weighted by Crippen LogP contribution is -2.51. The van der Waals surface area contributed by atoms with Crippen LogP contribution in [0.25, 0.3) is 0 Å². The molecule has 1 aliphatic carbocycles. The maximum atomic E-state index is 12.9. The van der Waals surface area contributed by atoms with E-state index in [0.29, 0.717) is 32.2 Å². The van der Waals surface area contributed by atoms with Crippen LogP contribution in [0.15, 0.2) is 0 Å². The molecular weight excluding hydrogens is 318 g/mol. The van der Waals surface area contributed by atoms with E-state index < -0.39 is 0 Å². The predicted molar refractivity (Wildman–Crippen MR) is 96.3 cm³/mol. The summed E-state index contributed by atoms with van der Waals surface area (Å²) in [7, 11) is 1.66. The lowest BCUT2D eigenvalue weighted by molar-refractivity contribution is -0.146. The molecule has 1 spiro atoms. The van der Waals surface area contributed by atoms with E-state index in [1.54, 1.807) is 7.11 Å². The number of methoxy groups -OCH3 is 1. The largest absolute Gasteiger partial charge is 0.383 e. The van der Waals surface area contributed by atoms with E-state index in [0.717, 1.165) is 32.4 Å². The number of piperidine rings is 1. The number of nitrogens with one attached hydrogen (secondary N) is 1. The van der Waals surface area contributed by atoms with E-state index in [1.165, 1.54) is 32.1 Å². The Morgan fingerprint density at radius 2 is 2.00 bits per heavy atom. The lowest BCUT2D eigenvalue weighted by atomic mass is 9.78. The summed E-state index contributed by atoms with van der Waals surface area (Å²) in [6.45, 7) is 4.11. The van der Waals surface area contributed by atoms with Crippen molar-refractivity contribution in [3.8, 4) is 0 Å². The first-order valence-corrected chi connectivity index (χ1v) is 9.96. The second-order valence-corrected chi connectivity index (χ2v) is 8.03. The Morgan fingerprint density at radius 3 is 2.76 bits per heavy atom. The number of likely N-dealkylation sites (tertiary alicyclic amines) is 2. The maximum absolute atomic E-state index is 12.9. The Morgan fingerprint density at radius 1 is 1.20 bits per heavy atom. The van der Waals surface area contributed by atoms with Gasteiger partial charge in [-0.3, -0.25) is 4.79 Å². The Bertz CT molecular complexity index is 479. The van der Waals surface area contributed by atoms with Crippen LogP contribution in [0.1, 0.15) is 51.4 Å². The summed E-state index contributed by atoms with van der Waals surface area (Å²) in [5.74, 6) is 0.855. The van der Waals surface area contributed by atoms with E-state index in [-0.39, 0.29) is 17.4 Å². The molecule has 0 aromatic rings. The number of carbonyl (C=O) groups is 2. The van der Waals surface area contributed by atoms with Gasteiger partial charge in [0.2, 0.25) is 5.91 Å². The van der Waals surface area contributed by atoms with Gasteiger partial charge < -0.3 is 19.9 Å². The zero-order valence-electron chi connectivity index (χ0n) is 15.6. The molecule has 0 aromatic heterocycles. The van der Waals surface area contributed by atoms with Crippen molar-refractivity contribution < 1.29 is 14.3 Å². The average molecular weight is 351 g/mol. The van der Waals surface area contributed by atoms with Gasteiger partial charge in [0.15, 0.2) is 0 Å². The summed E-state index contributed by atoms with van der Waals surface area (Å²) in [5.41, 5.74) is -0.353. The van der Waals surface area contributed by atoms with E-state index >= 15 is 0 Å². The summed E-state index contributed by atoms with van der Waals surface area (Å²) < 4.78 is 5.12. The van der Waals surface area contributed by atoms with Gasteiger partial charge in [0.25, 0.3) is 0 Å². The van der Waals surface area contributed by atoms with Crippen molar-refractivity contribution in [2.24, 2.45) is 11.3 Å². The summed E-state index contributed by atoms with van der Waals surface area (Å²) in [6.07, 6.45) is 9.11. The number of rotatable bonds is 5. The number of ether oxygens (including phenoxy) is 1. The van der Waals surface area contributed by atoms with Crippen molar-refractivity contribution in [1.29, 1.82) is 0 Å². The highest BCUT2D eigenvalue weighted by molar-refractivity contribution is 5.85. The highest BCUT2D eigenvalue weighted by Crippen LogP contribution is 2.40. The molecule has 25 heavy (non-hydrogen) atoms. The third-order valence-corrected chi connectivity index (χ3v) is 6.30. The minimum atomic E-state index is -0.353. The van der Waals surface area contributed by atoms with Gasteiger partial charge in [-0.15, -0.1) is 0 Å². The molecule has 2 saturated heterocycles. The topological polar surface area (TPSA) is 61.9 Å². The predicted octanol–water partition coefficient (Wildman–Crippen LogP) is 2.24. The smallest absolute Gasteiger partial charge is 0.317 e. The van der Waals surface area contributed by atoms with Crippen molar-refractivity contribution in [3.63, 3.8) is 0 Å². The quantitative estimate of drug-likeness (QED) is 0.826. The van der Waals surface area contributed by atoms with E-state index in [1.807, 2.05) is 9.80 Å². The number of hydrogen-bond donors (Lipinski definition) is 1. The number of amides is 3. The molecular formula is C19H33N3O3. The summed E-state index contributed by atoms with van der Waals surface area (Å²) in [4.78, 5) is 29.3. The molecule has 0 bridgehead atoms. The zero-order valence-corrected chi connectivity index (χ0v) is 15.6. The van der Waals surface area contributed by atoms with Gasteiger partial charge in [0, 0.05) is 39.8 Å². The number of hydrogen-bond acceptors (Lipinski definition) is 3. The molecule has 0 radical (unpaired) electrons. The molecule has 142 valence electrons. The standard InChI is InChI=1S/C19H33N3O3/c1-25-13-12-21-10-5-8-19(17(21)23)9-11-22(15-19)18(24)20-14-16-6-3-2-4-7-16/h16H,2-15H2,1H3,(H,20,24)/t19-/m0/s1. The molecule has 3 fully saturated rings. The first kappa shape index (κ1) is 18.5. The molecule has 3 rings (SSSR count). The second-order valence-electron chi connectivity index (χ2n) is 8.03. The van der Waals surface area contributed by atoms with Gasteiger partial charge in [0.05, 0.1) is 12.0 Å². The molecule has 1 atom stereocenters. The Balaban J connectivity index is 1.51. The molecule has 6 nitrogen and oxygen atoms in total. The first-order valence-electron chi connectivity index (χ1n) is 9.96. The van der Waals surface area contributed by atoms with Crippen molar-refractivity contribution in [2.75, 3.05) is 46.4 Å². The summed E-state index contributed by atoms with van der Waals surface area (Å²) in [6, 6.07) is 0.0178. The summed E-state index contributed by atoms with van der Waals surface area (Å²) >= 11 is 0. The Kier molecular flexibility index (Phi) is 6.20. The SMILES string of the molecule is COCCN1CCC[C@@]2(CCN(C(=O)NCC3CCCCC3)C2)C1=O. The van der Waals surface area contributed by atoms with Gasteiger partial charge in [-0.25, -0.2) is 4.79 Å². The molecule has 0 aromatic carbocycles. The number of carbonyl (C=O) groups excluding carboxylic acids is 2. The first-order chi connectivity index (χ1) is 12.1. The van der Waals surface area contributed by atoms with Crippen LogP contribution in [0.3, 0.4) is 0 Å². The van der Waals surface area contributed by atoms with Gasteiger partial charge in [-0.2, -0.15) is 0 Å². The van der Waals surface area contributed by atoms with E-state index in [4.69, 9.17) is 4.74 Å². The highest BCUT2D eigenvalue weighted by atomic mass is 16.5. The highest BCUT2D eigenvalue weighted by Gasteiger charge is 2.49. The van der Waals surface area contributed by atoms with Crippen LogP contribution < -0.4 is 5.32 Å². The molecule has 1 N–H and O–H groups in total. The van der Waals surface area contributed by atoms with Crippen LogP contribution in [-0.4, -0.2) is 68.2 Å². The maximum Gasteiger partial charge on any atom is 0.317 e. The van der Waals surface area contributed by atoms with E-state index in [9.17, 15) is 9.59 Å². The third-order valence-electron chi connectivity index (χ3n) is 6.30. The van der Waals surface area contributed by atoms with E-state index in [2.05, 4.69) is 5.32 Å². The second kappa shape index (κ2) is 8.39. The Hall–Kier alpha value is -1.30. The minimum absolute atomic E-state index is 0.0178. The fourth-order valence-corrected chi connectivity index (χ4v) is 4.73. The van der Waals surface area contributed by atoms with Crippen LogP contribution in [0.5, 0.6) is 0 Å². The van der Waals surface area contributed by atoms with Crippen molar-refractivity contribution in [2.45, 2.75) is 51.4 Å². The van der Waals surface area contributed by atoms with Crippen molar-refractivity contribution in [3.05, 3.63) is 0 Å². The van der Waals surface area contributed by atoms with Gasteiger partial charge >= 0.3 is 6.03 Å². The van der Waals surface area contributed by atoms with Crippen molar-refractivity contribution >= 4 is 11.9 Å². The molecule has 3 amide bonds. The van der Waals surface area contributed by atoms with Gasteiger partial charge in [-0.05, 0) is 38.0 Å². The van der Waals surface area contributed by atoms with Crippen LogP contribution in [-0.2, 0) is 9.53 Å². The fraction of sp³-hybridized carbons (Fsp3) is 0.895. The molecule has 2 aliphatic heterocycles. The van der Waals surface area contributed by atoms with Crippen LogP contribution in [0.4, 0.5) is 4.79 Å². The molecule has 0 unspecified atom stereocenters. The van der Waals surface area contributed by atoms with Crippen LogP contribution in [0, 0.1) is 11.3 Å². The normalized spacial score (nSPS) is 28.0. The molecule has 6 heteroatoms. The monoisotopic (exact) mass is 351 g/mol. The molecule has 2 heterocycles. The zero-order chi connectivity index (χ0) is 17.7. The Labute approximate surface area is 151 Å². The molecule has 3 aliphatic rings. The number of urea groups is 1. The van der Waals surface area contributed by atoms with Crippen molar-refractivity contribution in [1.82, 2.24) is 15.1 Å². The minimum Gasteiger partial charge on any atom is -0.383 e. The summed E-state index contributed by atoms with van der Waals surface area (Å²) in [5, 5.41) is 3.12. The van der Waals surface area contributed by atoms with Gasteiger partial charge in [0.1, 0.15) is 0 Å². The fourth-order valence-electron chi connectivity index (χ4n) is 4.73. The lowest BCUT2D eigenvalue weighted by Gasteiger charge is -2.39. The molecule has 1 saturated carbocycles.